The Morgan fingerprint density at radius 1 is 1.11 bits per heavy atom. The minimum absolute atomic E-state index is 0.0533. The van der Waals surface area contributed by atoms with E-state index in [1.165, 1.54) is 19.3 Å². The van der Waals surface area contributed by atoms with Crippen LogP contribution in [0.3, 0.4) is 0 Å². The number of piperidine rings is 1. The Morgan fingerprint density at radius 3 is 2.63 bits per heavy atom. The number of anilines is 1. The van der Waals surface area contributed by atoms with Gasteiger partial charge >= 0.3 is 0 Å². The smallest absolute Gasteiger partial charge is 0.229 e. The molecule has 1 aliphatic heterocycles. The van der Waals surface area contributed by atoms with Crippen molar-refractivity contribution in [2.24, 2.45) is 5.41 Å². The van der Waals surface area contributed by atoms with Crippen molar-refractivity contribution in [2.45, 2.75) is 47.0 Å². The molecule has 8 nitrogen and oxygen atoms in total. The van der Waals surface area contributed by atoms with Gasteiger partial charge in [0.1, 0.15) is 11.4 Å². The summed E-state index contributed by atoms with van der Waals surface area (Å²) >= 11 is 0. The molecule has 1 saturated heterocycles. The van der Waals surface area contributed by atoms with Crippen molar-refractivity contribution in [1.82, 2.24) is 30.0 Å². The number of rotatable bonds is 6. The third-order valence-electron chi connectivity index (χ3n) is 6.90. The number of H-pyrrole nitrogens is 2. The summed E-state index contributed by atoms with van der Waals surface area (Å²) in [5.74, 6) is 0.666. The molecule has 0 aliphatic carbocycles. The van der Waals surface area contributed by atoms with Crippen LogP contribution in [-0.4, -0.2) is 49.0 Å². The lowest BCUT2D eigenvalue weighted by molar-refractivity contribution is -0.123. The number of pyridine rings is 1. The highest BCUT2D eigenvalue weighted by atomic mass is 16.2. The van der Waals surface area contributed by atoms with Gasteiger partial charge in [-0.05, 0) is 56.0 Å². The molecule has 0 radical (unpaired) electrons. The quantitative estimate of drug-likeness (QED) is 0.264. The number of allylic oxidation sites excluding steroid dienone is 2. The molecular formula is C30H35N7O. The molecule has 0 unspecified atom stereocenters. The predicted octanol–water partition coefficient (Wildman–Crippen LogP) is 6.32. The normalized spacial score (nSPS) is 14.6. The topological polar surface area (TPSA) is 103 Å². The van der Waals surface area contributed by atoms with Gasteiger partial charge in [-0.2, -0.15) is 5.10 Å². The standard InChI is InChI=1S/C30H35N7O/c1-6-10-25(37-13-8-7-9-14-37)26-19(2)32-28(34-26)27-23-16-20(11-12-24(23)35-36-27)21-15-22(18-31-17-21)33-29(38)30(3,4)5/h6,10-12,15-18H,1,7-9,13-14H2,2-5H3,(H,32,34)(H,33,38)(H,35,36)/b25-10+. The second kappa shape index (κ2) is 10.3. The highest BCUT2D eigenvalue weighted by molar-refractivity contribution is 5.96. The molecule has 3 N–H and O–H groups in total. The van der Waals surface area contributed by atoms with Gasteiger partial charge in [0.05, 0.1) is 23.1 Å². The number of imidazole rings is 1. The molecule has 3 aromatic heterocycles. The van der Waals surface area contributed by atoms with Crippen LogP contribution in [0.5, 0.6) is 0 Å². The van der Waals surface area contributed by atoms with Crippen LogP contribution < -0.4 is 5.32 Å². The largest absolute Gasteiger partial charge is 0.370 e. The molecule has 1 amide bonds. The van der Waals surface area contributed by atoms with Crippen LogP contribution >= 0.6 is 0 Å². The first-order chi connectivity index (χ1) is 18.2. The minimum atomic E-state index is -0.491. The number of fused-ring (bicyclic) bond motifs is 1. The third-order valence-corrected chi connectivity index (χ3v) is 6.90. The Kier molecular flexibility index (Phi) is 6.89. The summed E-state index contributed by atoms with van der Waals surface area (Å²) in [7, 11) is 0. The Hall–Kier alpha value is -4.20. The highest BCUT2D eigenvalue weighted by Crippen LogP contribution is 2.32. The maximum absolute atomic E-state index is 12.5. The number of aryl methyl sites for hydroxylation is 1. The zero-order chi connectivity index (χ0) is 26.9. The van der Waals surface area contributed by atoms with E-state index in [2.05, 4.69) is 56.0 Å². The van der Waals surface area contributed by atoms with E-state index in [1.807, 2.05) is 45.0 Å². The molecule has 196 valence electrons. The molecule has 1 aromatic carbocycles. The molecule has 0 bridgehead atoms. The fraction of sp³-hybridized carbons (Fsp3) is 0.333. The van der Waals surface area contributed by atoms with E-state index in [0.29, 0.717) is 5.69 Å². The fourth-order valence-electron chi connectivity index (χ4n) is 4.76. The molecular weight excluding hydrogens is 474 g/mol. The SMILES string of the molecule is C=C/C=C(\c1nc(-c2n[nH]c3ccc(-c4cncc(NC(=O)C(C)(C)C)c4)cc23)[nH]c1C)N1CCCCC1. The molecule has 0 spiro atoms. The zero-order valence-corrected chi connectivity index (χ0v) is 22.6. The summed E-state index contributed by atoms with van der Waals surface area (Å²) in [5, 5.41) is 11.7. The first kappa shape index (κ1) is 25.4. The second-order valence-corrected chi connectivity index (χ2v) is 10.9. The Labute approximate surface area is 223 Å². The summed E-state index contributed by atoms with van der Waals surface area (Å²) in [6.07, 6.45) is 11.0. The summed E-state index contributed by atoms with van der Waals surface area (Å²) < 4.78 is 0. The lowest BCUT2D eigenvalue weighted by atomic mass is 9.95. The zero-order valence-electron chi connectivity index (χ0n) is 22.6. The van der Waals surface area contributed by atoms with Crippen LogP contribution in [0.2, 0.25) is 0 Å². The van der Waals surface area contributed by atoms with E-state index in [0.717, 1.165) is 63.7 Å². The van der Waals surface area contributed by atoms with E-state index < -0.39 is 5.41 Å². The van der Waals surface area contributed by atoms with Crippen molar-refractivity contribution in [3.63, 3.8) is 0 Å². The van der Waals surface area contributed by atoms with Gasteiger partial charge in [-0.15, -0.1) is 0 Å². The average Bonchev–Trinajstić information content (AvgIpc) is 3.50. The van der Waals surface area contributed by atoms with E-state index in [9.17, 15) is 4.79 Å². The van der Waals surface area contributed by atoms with Gasteiger partial charge in [0, 0.05) is 41.3 Å². The van der Waals surface area contributed by atoms with Crippen molar-refractivity contribution in [2.75, 3.05) is 18.4 Å². The van der Waals surface area contributed by atoms with Crippen LogP contribution in [0, 0.1) is 12.3 Å². The molecule has 4 aromatic rings. The van der Waals surface area contributed by atoms with E-state index in [4.69, 9.17) is 4.98 Å². The first-order valence-electron chi connectivity index (χ1n) is 13.1. The van der Waals surface area contributed by atoms with Crippen LogP contribution in [0.4, 0.5) is 5.69 Å². The maximum atomic E-state index is 12.5. The lowest BCUT2D eigenvalue weighted by Gasteiger charge is -2.30. The van der Waals surface area contributed by atoms with Crippen LogP contribution in [0.25, 0.3) is 39.2 Å². The van der Waals surface area contributed by atoms with Crippen molar-refractivity contribution in [3.8, 4) is 22.6 Å². The van der Waals surface area contributed by atoms with Gasteiger partial charge in [-0.3, -0.25) is 14.9 Å². The van der Waals surface area contributed by atoms with Gasteiger partial charge < -0.3 is 15.2 Å². The number of nitrogens with one attached hydrogen (secondary N) is 3. The second-order valence-electron chi connectivity index (χ2n) is 10.9. The van der Waals surface area contributed by atoms with Crippen molar-refractivity contribution in [3.05, 3.63) is 66.8 Å². The number of hydrogen-bond acceptors (Lipinski definition) is 5. The minimum Gasteiger partial charge on any atom is -0.370 e. The number of amides is 1. The molecule has 1 aliphatic rings. The molecule has 4 heterocycles. The lowest BCUT2D eigenvalue weighted by Crippen LogP contribution is -2.28. The first-order valence-corrected chi connectivity index (χ1v) is 13.1. The number of aromatic nitrogens is 5. The number of aromatic amines is 2. The van der Waals surface area contributed by atoms with Gasteiger partial charge in [-0.1, -0.05) is 39.5 Å². The number of carbonyl (C=O) groups excluding carboxylic acids is 1. The number of likely N-dealkylation sites (tertiary alicyclic amines) is 1. The van der Waals surface area contributed by atoms with Crippen molar-refractivity contribution in [1.29, 1.82) is 0 Å². The molecule has 1 fully saturated rings. The molecule has 0 atom stereocenters. The summed E-state index contributed by atoms with van der Waals surface area (Å²) in [6, 6.07) is 8.06. The van der Waals surface area contributed by atoms with Crippen molar-refractivity contribution >= 4 is 28.2 Å². The molecule has 5 rings (SSSR count). The maximum Gasteiger partial charge on any atom is 0.229 e. The number of hydrogen-bond donors (Lipinski definition) is 3. The van der Waals surface area contributed by atoms with Crippen LogP contribution in [0.1, 0.15) is 51.4 Å². The van der Waals surface area contributed by atoms with E-state index >= 15 is 0 Å². The highest BCUT2D eigenvalue weighted by Gasteiger charge is 2.23. The molecule has 0 saturated carbocycles. The van der Waals surface area contributed by atoms with Crippen LogP contribution in [-0.2, 0) is 4.79 Å². The van der Waals surface area contributed by atoms with Gasteiger partial charge in [0.25, 0.3) is 0 Å². The van der Waals surface area contributed by atoms with Crippen molar-refractivity contribution < 1.29 is 4.79 Å². The van der Waals surface area contributed by atoms with Gasteiger partial charge in [0.15, 0.2) is 5.82 Å². The van der Waals surface area contributed by atoms with Crippen LogP contribution in [0.15, 0.2) is 55.4 Å². The monoisotopic (exact) mass is 509 g/mol. The molecule has 38 heavy (non-hydrogen) atoms. The van der Waals surface area contributed by atoms with E-state index in [-0.39, 0.29) is 5.91 Å². The average molecular weight is 510 g/mol. The number of carbonyl (C=O) groups is 1. The Morgan fingerprint density at radius 2 is 1.89 bits per heavy atom. The summed E-state index contributed by atoms with van der Waals surface area (Å²) in [6.45, 7) is 13.7. The summed E-state index contributed by atoms with van der Waals surface area (Å²) in [5.41, 5.74) is 6.77. The van der Waals surface area contributed by atoms with Gasteiger partial charge in [0.2, 0.25) is 5.91 Å². The van der Waals surface area contributed by atoms with E-state index in [1.54, 1.807) is 12.4 Å². The summed E-state index contributed by atoms with van der Waals surface area (Å²) in [4.78, 5) is 27.7. The third kappa shape index (κ3) is 5.11. The Balaban J connectivity index is 1.49. The Bertz CT molecular complexity index is 1510. The van der Waals surface area contributed by atoms with Gasteiger partial charge in [-0.25, -0.2) is 4.98 Å². The predicted molar refractivity (Wildman–Crippen MR) is 153 cm³/mol. The number of nitrogens with zero attached hydrogens (tertiary/aromatic N) is 4. The molecule has 8 heteroatoms. The number of benzene rings is 1. The fourth-order valence-corrected chi connectivity index (χ4v) is 4.76.